The van der Waals surface area contributed by atoms with Crippen molar-refractivity contribution in [3.63, 3.8) is 0 Å². The Balaban J connectivity index is 0.00000210. The van der Waals surface area contributed by atoms with Crippen LogP contribution in [0.4, 0.5) is 0 Å². The molecule has 0 N–H and O–H groups in total. The molecule has 7 heteroatoms. The summed E-state index contributed by atoms with van der Waals surface area (Å²) in [7, 11) is 0. The van der Waals surface area contributed by atoms with Crippen LogP contribution in [-0.2, 0) is 13.1 Å². The van der Waals surface area contributed by atoms with Crippen molar-refractivity contribution in [3.8, 4) is 6.07 Å². The lowest BCUT2D eigenvalue weighted by Crippen LogP contribution is -3.00. The molecule has 0 amide bonds. The van der Waals surface area contributed by atoms with Crippen LogP contribution in [0.25, 0.3) is 16.6 Å². The van der Waals surface area contributed by atoms with Gasteiger partial charge in [0.05, 0.1) is 28.7 Å². The van der Waals surface area contributed by atoms with Gasteiger partial charge in [-0.3, -0.25) is 0 Å². The first-order chi connectivity index (χ1) is 12.7. The highest BCUT2D eigenvalue weighted by Gasteiger charge is 2.33. The Kier molecular flexibility index (Phi) is 6.44. The Morgan fingerprint density at radius 1 is 1.30 bits per heavy atom. The van der Waals surface area contributed by atoms with Crippen LogP contribution < -0.4 is 28.5 Å². The van der Waals surface area contributed by atoms with E-state index in [9.17, 15) is 5.26 Å². The second-order valence-corrected chi connectivity index (χ2v) is 8.05. The summed E-state index contributed by atoms with van der Waals surface area (Å²) in [6.45, 7) is 8.40. The van der Waals surface area contributed by atoms with E-state index < -0.39 is 0 Å². The molecule has 0 bridgehead atoms. The van der Waals surface area contributed by atoms with Crippen molar-refractivity contribution in [3.05, 3.63) is 45.7 Å². The number of thioether (sulfide) groups is 1. The minimum Gasteiger partial charge on any atom is -1.00 e. The van der Waals surface area contributed by atoms with Gasteiger partial charge in [0.15, 0.2) is 11.0 Å². The molecule has 3 heterocycles. The van der Waals surface area contributed by atoms with Crippen molar-refractivity contribution in [2.45, 2.75) is 33.4 Å². The molecule has 0 unspecified atom stereocenters. The lowest BCUT2D eigenvalue weighted by atomic mass is 10.2. The lowest BCUT2D eigenvalue weighted by Gasteiger charge is -2.15. The first-order valence-electron chi connectivity index (χ1n) is 9.12. The van der Waals surface area contributed by atoms with Crippen molar-refractivity contribution in [1.82, 2.24) is 9.47 Å². The van der Waals surface area contributed by atoms with Gasteiger partial charge in [0.1, 0.15) is 6.07 Å². The maximum atomic E-state index is 9.32. The molecular weight excluding hydrogens is 491 g/mol. The van der Waals surface area contributed by atoms with Crippen molar-refractivity contribution < 1.29 is 28.5 Å². The van der Waals surface area contributed by atoms with Crippen LogP contribution in [-0.4, -0.2) is 28.3 Å². The molecule has 1 aromatic carbocycles. The van der Waals surface area contributed by atoms with E-state index in [1.54, 1.807) is 0 Å². The summed E-state index contributed by atoms with van der Waals surface area (Å²) in [6.07, 6.45) is 5.58. The van der Waals surface area contributed by atoms with Crippen LogP contribution in [0.15, 0.2) is 29.3 Å². The first-order valence-corrected chi connectivity index (χ1v) is 10.5. The number of benzene rings is 1. The molecule has 1 fully saturated rings. The monoisotopic (exact) mass is 512 g/mol. The molecule has 1 saturated heterocycles. The zero-order valence-electron chi connectivity index (χ0n) is 15.5. The number of nitrogens with zero attached hydrogens (tertiary/aromatic N) is 4. The molecule has 27 heavy (non-hydrogen) atoms. The van der Waals surface area contributed by atoms with Crippen molar-refractivity contribution in [2.75, 3.05) is 18.8 Å². The number of rotatable bonds is 3. The fourth-order valence-electron chi connectivity index (χ4n) is 3.94. The second kappa shape index (κ2) is 8.46. The van der Waals surface area contributed by atoms with E-state index in [1.807, 2.05) is 23.9 Å². The van der Waals surface area contributed by atoms with E-state index in [2.05, 4.69) is 46.1 Å². The fraction of sp³-hybridized carbons (Fsp3) is 0.400. The van der Waals surface area contributed by atoms with E-state index in [4.69, 9.17) is 11.6 Å². The van der Waals surface area contributed by atoms with E-state index in [1.165, 1.54) is 22.2 Å². The molecule has 0 saturated carbocycles. The van der Waals surface area contributed by atoms with E-state index >= 15 is 0 Å². The van der Waals surface area contributed by atoms with Gasteiger partial charge in [0, 0.05) is 43.0 Å². The molecule has 2 aliphatic heterocycles. The molecule has 0 spiro atoms. The van der Waals surface area contributed by atoms with Gasteiger partial charge in [0.2, 0.25) is 0 Å². The van der Waals surface area contributed by atoms with Gasteiger partial charge in [-0.2, -0.15) is 5.26 Å². The number of aromatic nitrogens is 2. The van der Waals surface area contributed by atoms with Crippen LogP contribution in [0.1, 0.15) is 31.7 Å². The molecule has 142 valence electrons. The number of imidazole rings is 1. The predicted molar refractivity (Wildman–Crippen MR) is 108 cm³/mol. The van der Waals surface area contributed by atoms with Crippen molar-refractivity contribution >= 4 is 40.0 Å². The maximum absolute atomic E-state index is 9.32. The zero-order chi connectivity index (χ0) is 18.3. The highest BCUT2D eigenvalue weighted by Crippen LogP contribution is 2.32. The number of allylic oxidation sites excluding steroid dienone is 3. The third kappa shape index (κ3) is 3.50. The Hall–Kier alpha value is -1.17. The SMILES string of the molecule is CCN1CCSC1=CC=C1CC[n+]2c1n(CC)c1cc(Cl)c(C#N)cc12.[I-]. The number of hydrogen-bond acceptors (Lipinski definition) is 3. The summed E-state index contributed by atoms with van der Waals surface area (Å²) >= 11 is 8.23. The standard InChI is InChI=1S/C20H22ClN4S.HI/c1-3-23-9-10-26-19(23)6-5-14-7-8-25-17-11-15(13-22)16(21)12-18(17)24(4-2)20(14)25;/h5-6,11-12H,3-4,7-10H2,1-2H3;1H/q+1;/p-1. The summed E-state index contributed by atoms with van der Waals surface area (Å²) < 4.78 is 4.65. The Morgan fingerprint density at radius 3 is 2.81 bits per heavy atom. The third-order valence-electron chi connectivity index (χ3n) is 5.22. The lowest BCUT2D eigenvalue weighted by molar-refractivity contribution is -0.664. The van der Waals surface area contributed by atoms with Crippen LogP contribution >= 0.6 is 23.4 Å². The molecule has 2 aromatic rings. The second-order valence-electron chi connectivity index (χ2n) is 6.53. The Morgan fingerprint density at radius 2 is 2.11 bits per heavy atom. The molecular formula is C20H22ClIN4S. The van der Waals surface area contributed by atoms with Crippen LogP contribution in [0.3, 0.4) is 0 Å². The molecule has 2 aliphatic rings. The van der Waals surface area contributed by atoms with Gasteiger partial charge in [-0.25, -0.2) is 9.13 Å². The highest BCUT2D eigenvalue weighted by molar-refractivity contribution is 8.03. The normalized spacial score (nSPS) is 19.0. The fourth-order valence-corrected chi connectivity index (χ4v) is 5.23. The van der Waals surface area contributed by atoms with Crippen LogP contribution in [0.2, 0.25) is 5.02 Å². The number of aryl methyl sites for hydroxylation is 2. The van der Waals surface area contributed by atoms with Crippen LogP contribution in [0, 0.1) is 11.3 Å². The van der Waals surface area contributed by atoms with Crippen molar-refractivity contribution in [2.24, 2.45) is 0 Å². The Bertz CT molecular complexity index is 986. The van der Waals surface area contributed by atoms with Gasteiger partial charge in [-0.1, -0.05) is 11.6 Å². The van der Waals surface area contributed by atoms with E-state index in [0.717, 1.165) is 43.6 Å². The first kappa shape index (κ1) is 20.6. The van der Waals surface area contributed by atoms with Gasteiger partial charge < -0.3 is 28.9 Å². The minimum atomic E-state index is 0. The predicted octanol–water partition coefficient (Wildman–Crippen LogP) is 1.17. The van der Waals surface area contributed by atoms with Crippen LogP contribution in [0.5, 0.6) is 0 Å². The summed E-state index contributed by atoms with van der Waals surface area (Å²) in [6, 6.07) is 6.07. The number of halogens is 2. The minimum absolute atomic E-state index is 0. The summed E-state index contributed by atoms with van der Waals surface area (Å²) in [5, 5.41) is 11.2. The average molecular weight is 513 g/mol. The largest absolute Gasteiger partial charge is 1.00 e. The topological polar surface area (TPSA) is 35.8 Å². The third-order valence-corrected chi connectivity index (χ3v) is 6.61. The quantitative estimate of drug-likeness (QED) is 0.458. The highest BCUT2D eigenvalue weighted by atomic mass is 127. The molecule has 4 nitrogen and oxygen atoms in total. The zero-order valence-corrected chi connectivity index (χ0v) is 19.2. The average Bonchev–Trinajstić information content (AvgIpc) is 3.33. The summed E-state index contributed by atoms with van der Waals surface area (Å²) in [4.78, 5) is 2.43. The summed E-state index contributed by atoms with van der Waals surface area (Å²) in [5.74, 6) is 2.42. The van der Waals surface area contributed by atoms with Gasteiger partial charge in [-0.15, -0.1) is 11.8 Å². The molecule has 0 aliphatic carbocycles. The van der Waals surface area contributed by atoms with Gasteiger partial charge in [0.25, 0.3) is 5.82 Å². The van der Waals surface area contributed by atoms with Gasteiger partial charge >= 0.3 is 0 Å². The van der Waals surface area contributed by atoms with E-state index in [0.29, 0.717) is 10.6 Å². The molecule has 1 aromatic heterocycles. The van der Waals surface area contributed by atoms with E-state index in [-0.39, 0.29) is 24.0 Å². The number of hydrogen-bond donors (Lipinski definition) is 0. The smallest absolute Gasteiger partial charge is 0.285 e. The molecule has 0 atom stereocenters. The van der Waals surface area contributed by atoms with Crippen molar-refractivity contribution in [1.29, 1.82) is 5.26 Å². The number of nitriles is 1. The maximum Gasteiger partial charge on any atom is 0.285 e. The Labute approximate surface area is 186 Å². The molecule has 4 rings (SSSR count). The molecule has 0 radical (unpaired) electrons. The summed E-state index contributed by atoms with van der Waals surface area (Å²) in [5.41, 5.74) is 4.11. The number of fused-ring (bicyclic) bond motifs is 3. The van der Waals surface area contributed by atoms with Gasteiger partial charge in [-0.05, 0) is 26.0 Å².